The first-order chi connectivity index (χ1) is 15.8. The molecule has 0 fully saturated rings. The van der Waals surface area contributed by atoms with Gasteiger partial charge in [0, 0.05) is 10.8 Å². The van der Waals surface area contributed by atoms with Crippen LogP contribution in [-0.2, 0) is 5.41 Å². The number of benzene rings is 4. The lowest BCUT2D eigenvalue weighted by Crippen LogP contribution is -2.15. The van der Waals surface area contributed by atoms with Crippen LogP contribution < -0.4 is 9.47 Å². The van der Waals surface area contributed by atoms with E-state index < -0.39 is 5.97 Å². The number of carbonyl (C=O) groups is 1. The number of hydrogen-bond donors (Lipinski definition) is 2. The Morgan fingerprint density at radius 3 is 2.00 bits per heavy atom. The summed E-state index contributed by atoms with van der Waals surface area (Å²) in [5.74, 6) is 0.443. The number of rotatable bonds is 4. The zero-order chi connectivity index (χ0) is 23.5. The number of phenols is 1. The van der Waals surface area contributed by atoms with Crippen LogP contribution in [0.2, 0.25) is 0 Å². The van der Waals surface area contributed by atoms with E-state index in [-0.39, 0.29) is 16.7 Å². The van der Waals surface area contributed by atoms with Crippen LogP contribution in [0.1, 0.15) is 35.3 Å². The molecule has 33 heavy (non-hydrogen) atoms. The number of methoxy groups -OCH3 is 2. The van der Waals surface area contributed by atoms with E-state index in [1.165, 1.54) is 0 Å². The number of ether oxygens (including phenoxy) is 2. The fourth-order valence-electron chi connectivity index (χ4n) is 4.92. The van der Waals surface area contributed by atoms with Gasteiger partial charge in [0.25, 0.3) is 0 Å². The van der Waals surface area contributed by atoms with Gasteiger partial charge < -0.3 is 19.7 Å². The average Bonchev–Trinajstić information content (AvgIpc) is 3.04. The van der Waals surface area contributed by atoms with Gasteiger partial charge in [-0.2, -0.15) is 0 Å². The summed E-state index contributed by atoms with van der Waals surface area (Å²) in [5, 5.41) is 21.7. The first kappa shape index (κ1) is 20.9. The van der Waals surface area contributed by atoms with Gasteiger partial charge in [-0.3, -0.25) is 0 Å². The van der Waals surface area contributed by atoms with Crippen molar-refractivity contribution in [3.8, 4) is 39.5 Å². The van der Waals surface area contributed by atoms with Crippen molar-refractivity contribution >= 4 is 16.7 Å². The number of aromatic carboxylic acids is 1. The Bertz CT molecular complexity index is 1430. The van der Waals surface area contributed by atoms with E-state index in [4.69, 9.17) is 9.47 Å². The van der Waals surface area contributed by atoms with Gasteiger partial charge in [0.2, 0.25) is 0 Å². The molecular weight excluding hydrogens is 416 g/mol. The molecule has 0 unspecified atom stereocenters. The smallest absolute Gasteiger partial charge is 0.335 e. The summed E-state index contributed by atoms with van der Waals surface area (Å²) in [6.45, 7) is 4.31. The molecule has 0 aromatic heterocycles. The molecule has 4 aromatic carbocycles. The minimum Gasteiger partial charge on any atom is -0.507 e. The maximum absolute atomic E-state index is 11.2. The van der Waals surface area contributed by atoms with Gasteiger partial charge in [-0.1, -0.05) is 38.1 Å². The van der Waals surface area contributed by atoms with Crippen LogP contribution in [-0.4, -0.2) is 30.4 Å². The van der Waals surface area contributed by atoms with E-state index in [0.29, 0.717) is 16.9 Å². The van der Waals surface area contributed by atoms with Crippen molar-refractivity contribution in [3.05, 3.63) is 77.4 Å². The second kappa shape index (κ2) is 7.27. The summed E-state index contributed by atoms with van der Waals surface area (Å²) >= 11 is 0. The molecule has 2 N–H and O–H groups in total. The van der Waals surface area contributed by atoms with Gasteiger partial charge in [0.1, 0.15) is 5.75 Å². The van der Waals surface area contributed by atoms with Crippen LogP contribution in [0, 0.1) is 0 Å². The third kappa shape index (κ3) is 3.04. The molecule has 0 saturated heterocycles. The molecule has 5 nitrogen and oxygen atoms in total. The molecule has 166 valence electrons. The predicted octanol–water partition coefficient (Wildman–Crippen LogP) is 6.23. The van der Waals surface area contributed by atoms with Crippen molar-refractivity contribution in [3.63, 3.8) is 0 Å². The molecule has 0 amide bonds. The Labute approximate surface area is 191 Å². The average molecular weight is 440 g/mol. The molecule has 4 aromatic rings. The maximum Gasteiger partial charge on any atom is 0.335 e. The van der Waals surface area contributed by atoms with Crippen molar-refractivity contribution < 1.29 is 24.5 Å². The zero-order valence-electron chi connectivity index (χ0n) is 18.9. The molecule has 1 aliphatic rings. The van der Waals surface area contributed by atoms with E-state index in [0.717, 1.165) is 38.8 Å². The zero-order valence-corrected chi connectivity index (χ0v) is 18.9. The van der Waals surface area contributed by atoms with Gasteiger partial charge in [0.15, 0.2) is 11.5 Å². The summed E-state index contributed by atoms with van der Waals surface area (Å²) < 4.78 is 11.0. The summed E-state index contributed by atoms with van der Waals surface area (Å²) in [5.41, 5.74) is 6.29. The molecule has 0 bridgehead atoms. The van der Waals surface area contributed by atoms with E-state index in [9.17, 15) is 15.0 Å². The van der Waals surface area contributed by atoms with Gasteiger partial charge in [0.05, 0.1) is 19.8 Å². The highest BCUT2D eigenvalue weighted by Gasteiger charge is 2.37. The highest BCUT2D eigenvalue weighted by atomic mass is 16.5. The molecule has 1 aliphatic carbocycles. The predicted molar refractivity (Wildman–Crippen MR) is 129 cm³/mol. The van der Waals surface area contributed by atoms with Gasteiger partial charge in [-0.05, 0) is 75.2 Å². The van der Waals surface area contributed by atoms with Crippen LogP contribution in [0.5, 0.6) is 17.2 Å². The second-order valence-corrected chi connectivity index (χ2v) is 8.84. The standard InChI is InChI=1S/C28H24O5/c1-28(2)21-11-17(15-5-7-16(8-6-15)27(30)31)9-10-18(21)26-20-13-25(33-4)24(32-3)12-19(20)23(29)14-22(26)28/h5-14,29H,1-4H3,(H,30,31). The SMILES string of the molecule is COc1cc2c(O)cc3c(c2cc1OC)-c1ccc(-c2ccc(C(=O)O)cc2)cc1C3(C)C. The van der Waals surface area contributed by atoms with Crippen molar-refractivity contribution in [1.82, 2.24) is 0 Å². The molecule has 5 heteroatoms. The third-order valence-corrected chi connectivity index (χ3v) is 6.72. The minimum atomic E-state index is -0.939. The number of carboxylic acid groups (broad SMARTS) is 1. The molecule has 0 atom stereocenters. The number of hydrogen-bond acceptors (Lipinski definition) is 4. The lowest BCUT2D eigenvalue weighted by molar-refractivity contribution is 0.0697. The van der Waals surface area contributed by atoms with Crippen molar-refractivity contribution in [2.24, 2.45) is 0 Å². The largest absolute Gasteiger partial charge is 0.507 e. The Balaban J connectivity index is 1.74. The highest BCUT2D eigenvalue weighted by Crippen LogP contribution is 2.54. The Morgan fingerprint density at radius 1 is 0.788 bits per heavy atom. The van der Waals surface area contributed by atoms with Gasteiger partial charge in [-0.15, -0.1) is 0 Å². The minimum absolute atomic E-state index is 0.204. The van der Waals surface area contributed by atoms with Crippen LogP contribution in [0.25, 0.3) is 33.0 Å². The third-order valence-electron chi connectivity index (χ3n) is 6.72. The topological polar surface area (TPSA) is 76.0 Å². The summed E-state index contributed by atoms with van der Waals surface area (Å²) in [7, 11) is 3.18. The summed E-state index contributed by atoms with van der Waals surface area (Å²) in [6.07, 6.45) is 0. The lowest BCUT2D eigenvalue weighted by atomic mass is 9.81. The molecule has 5 rings (SSSR count). The van der Waals surface area contributed by atoms with Gasteiger partial charge in [-0.25, -0.2) is 4.79 Å². The molecule has 0 aliphatic heterocycles. The van der Waals surface area contributed by atoms with E-state index >= 15 is 0 Å². The van der Waals surface area contributed by atoms with Crippen LogP contribution in [0.3, 0.4) is 0 Å². The maximum atomic E-state index is 11.2. The fourth-order valence-corrected chi connectivity index (χ4v) is 4.92. The molecule has 0 spiro atoms. The Morgan fingerprint density at radius 2 is 1.39 bits per heavy atom. The number of fused-ring (bicyclic) bond motifs is 5. The van der Waals surface area contributed by atoms with Gasteiger partial charge >= 0.3 is 5.97 Å². The quantitative estimate of drug-likeness (QED) is 0.393. The normalized spacial score (nSPS) is 13.5. The second-order valence-electron chi connectivity index (χ2n) is 8.84. The van der Waals surface area contributed by atoms with E-state index in [2.05, 4.69) is 32.0 Å². The molecule has 0 heterocycles. The number of carboxylic acids is 1. The van der Waals surface area contributed by atoms with E-state index in [1.807, 2.05) is 30.3 Å². The highest BCUT2D eigenvalue weighted by molar-refractivity contribution is 6.06. The molecule has 0 saturated carbocycles. The molecule has 0 radical (unpaired) electrons. The number of aromatic hydroxyl groups is 1. The van der Waals surface area contributed by atoms with Crippen LogP contribution in [0.4, 0.5) is 0 Å². The van der Waals surface area contributed by atoms with Crippen LogP contribution >= 0.6 is 0 Å². The summed E-state index contributed by atoms with van der Waals surface area (Å²) in [4.78, 5) is 11.2. The Kier molecular flexibility index (Phi) is 4.60. The summed E-state index contributed by atoms with van der Waals surface area (Å²) in [6, 6.07) is 18.8. The first-order valence-corrected chi connectivity index (χ1v) is 10.7. The van der Waals surface area contributed by atoms with Crippen molar-refractivity contribution in [1.29, 1.82) is 0 Å². The van der Waals surface area contributed by atoms with Crippen LogP contribution in [0.15, 0.2) is 60.7 Å². The monoisotopic (exact) mass is 440 g/mol. The van der Waals surface area contributed by atoms with Crippen molar-refractivity contribution in [2.75, 3.05) is 14.2 Å². The van der Waals surface area contributed by atoms with E-state index in [1.54, 1.807) is 26.4 Å². The Hall–Kier alpha value is -3.99. The first-order valence-electron chi connectivity index (χ1n) is 10.7. The fraction of sp³-hybridized carbons (Fsp3) is 0.179. The van der Waals surface area contributed by atoms with Crippen molar-refractivity contribution in [2.45, 2.75) is 19.3 Å². The lowest BCUT2D eigenvalue weighted by Gasteiger charge is -2.22. The molecular formula is C28H24O5. The number of phenolic OH excluding ortho intramolecular Hbond substituents is 1.